The first-order valence-corrected chi connectivity index (χ1v) is 7.66. The number of carbonyl (C=O) groups excluding carboxylic acids is 1. The first kappa shape index (κ1) is 17.0. The van der Waals surface area contributed by atoms with Gasteiger partial charge in [-0.3, -0.25) is 0 Å². The third kappa shape index (κ3) is 4.79. The zero-order valence-electron chi connectivity index (χ0n) is 12.8. The molecule has 6 nitrogen and oxygen atoms in total. The average Bonchev–Trinajstić information content (AvgIpc) is 2.56. The van der Waals surface area contributed by atoms with Crippen LogP contribution in [-0.4, -0.2) is 18.4 Å². The lowest BCUT2D eigenvalue weighted by Gasteiger charge is -2.08. The normalized spacial score (nSPS) is 11.2. The highest BCUT2D eigenvalue weighted by Crippen LogP contribution is 2.26. The van der Waals surface area contributed by atoms with Gasteiger partial charge in [0.25, 0.3) is 0 Å². The number of amidine groups is 1. The highest BCUT2D eigenvalue weighted by atomic mass is 79.9. The van der Waals surface area contributed by atoms with E-state index in [1.165, 1.54) is 0 Å². The number of ether oxygens (including phenoxy) is 1. The average molecular weight is 379 g/mol. The van der Waals surface area contributed by atoms with E-state index in [1.54, 1.807) is 24.4 Å². The van der Waals surface area contributed by atoms with Gasteiger partial charge in [-0.25, -0.2) is 9.78 Å². The zero-order valence-corrected chi connectivity index (χ0v) is 14.4. The maximum atomic E-state index is 11.7. The van der Waals surface area contributed by atoms with Gasteiger partial charge < -0.3 is 15.3 Å². The molecule has 1 heterocycles. The van der Waals surface area contributed by atoms with E-state index in [1.807, 2.05) is 26.0 Å². The molecular formula is C16H17BrN3O3+. The molecule has 3 N–H and O–H groups in total. The molecule has 0 aliphatic heterocycles. The molecule has 0 radical (unpaired) electrons. The minimum absolute atomic E-state index is 0.0780. The van der Waals surface area contributed by atoms with Gasteiger partial charge in [0.15, 0.2) is 12.8 Å². The molecule has 1 aromatic carbocycles. The Morgan fingerprint density at radius 3 is 2.61 bits per heavy atom. The Labute approximate surface area is 142 Å². The zero-order chi connectivity index (χ0) is 16.8. The van der Waals surface area contributed by atoms with E-state index in [0.717, 1.165) is 15.6 Å². The summed E-state index contributed by atoms with van der Waals surface area (Å²) in [6.07, 6.45) is 1.70. The number of aromatic amines is 1. The van der Waals surface area contributed by atoms with Crippen molar-refractivity contribution in [3.05, 3.63) is 57.8 Å². The summed E-state index contributed by atoms with van der Waals surface area (Å²) in [6, 6.07) is 8.98. The molecule has 0 aliphatic rings. The second-order valence-electron chi connectivity index (χ2n) is 4.88. The van der Waals surface area contributed by atoms with Crippen molar-refractivity contribution >= 4 is 27.7 Å². The van der Waals surface area contributed by atoms with Gasteiger partial charge in [0.2, 0.25) is 11.5 Å². The quantitative estimate of drug-likeness (QED) is 0.373. The molecule has 0 spiro atoms. The van der Waals surface area contributed by atoms with E-state index in [-0.39, 0.29) is 12.4 Å². The van der Waals surface area contributed by atoms with E-state index in [2.05, 4.69) is 26.1 Å². The minimum Gasteiger partial charge on any atom is -0.482 e. The molecule has 0 unspecified atom stereocenters. The van der Waals surface area contributed by atoms with Crippen LogP contribution in [0, 0.1) is 13.8 Å². The van der Waals surface area contributed by atoms with E-state index in [4.69, 9.17) is 15.3 Å². The molecule has 2 rings (SSSR count). The molecule has 0 bridgehead atoms. The largest absolute Gasteiger partial charge is 0.482 e. The Hall–Kier alpha value is -2.41. The van der Waals surface area contributed by atoms with Crippen molar-refractivity contribution in [3.8, 4) is 5.75 Å². The van der Waals surface area contributed by atoms with Crippen molar-refractivity contribution in [1.29, 1.82) is 0 Å². The SMILES string of the molecule is Cc1cc(OCC(=O)ON=C(N)c2cccc[nH+]2)cc(C)c1Br. The molecule has 0 fully saturated rings. The van der Waals surface area contributed by atoms with Crippen molar-refractivity contribution in [3.63, 3.8) is 0 Å². The van der Waals surface area contributed by atoms with Crippen molar-refractivity contribution in [2.75, 3.05) is 6.61 Å². The van der Waals surface area contributed by atoms with Crippen molar-refractivity contribution in [1.82, 2.24) is 0 Å². The number of carbonyl (C=O) groups is 1. The van der Waals surface area contributed by atoms with Crippen LogP contribution in [0.1, 0.15) is 16.8 Å². The van der Waals surface area contributed by atoms with Crippen LogP contribution in [0.25, 0.3) is 0 Å². The number of aryl methyl sites for hydroxylation is 2. The number of nitrogens with one attached hydrogen (secondary N) is 1. The van der Waals surface area contributed by atoms with Gasteiger partial charge in [-0.15, -0.1) is 0 Å². The number of pyridine rings is 1. The fraction of sp³-hybridized carbons (Fsp3) is 0.188. The lowest BCUT2D eigenvalue weighted by Crippen LogP contribution is -2.25. The number of halogens is 1. The predicted molar refractivity (Wildman–Crippen MR) is 88.9 cm³/mol. The van der Waals surface area contributed by atoms with Crippen LogP contribution >= 0.6 is 15.9 Å². The number of benzene rings is 1. The van der Waals surface area contributed by atoms with Crippen LogP contribution in [0.5, 0.6) is 5.75 Å². The summed E-state index contributed by atoms with van der Waals surface area (Å²) in [5.41, 5.74) is 8.31. The van der Waals surface area contributed by atoms with E-state index in [9.17, 15) is 4.79 Å². The Balaban J connectivity index is 1.91. The smallest absolute Gasteiger partial charge is 0.372 e. The summed E-state index contributed by atoms with van der Waals surface area (Å²) in [7, 11) is 0. The third-order valence-corrected chi connectivity index (χ3v) is 4.25. The number of nitrogens with zero attached hydrogens (tertiary/aromatic N) is 1. The summed E-state index contributed by atoms with van der Waals surface area (Å²) in [6.45, 7) is 3.64. The van der Waals surface area contributed by atoms with Crippen LogP contribution in [0.4, 0.5) is 0 Å². The molecule has 0 saturated carbocycles. The third-order valence-electron chi connectivity index (χ3n) is 3.00. The molecule has 1 aromatic heterocycles. The predicted octanol–water partition coefficient (Wildman–Crippen LogP) is 2.12. The second kappa shape index (κ2) is 7.73. The number of H-pyrrole nitrogens is 1. The topological polar surface area (TPSA) is 88.0 Å². The monoisotopic (exact) mass is 378 g/mol. The Kier molecular flexibility index (Phi) is 5.70. The number of oxime groups is 1. The molecule has 7 heteroatoms. The number of rotatable bonds is 5. The summed E-state index contributed by atoms with van der Waals surface area (Å²) < 4.78 is 6.43. The van der Waals surface area contributed by atoms with Crippen LogP contribution < -0.4 is 15.5 Å². The fourth-order valence-electron chi connectivity index (χ4n) is 1.86. The molecule has 23 heavy (non-hydrogen) atoms. The summed E-state index contributed by atoms with van der Waals surface area (Å²) >= 11 is 3.47. The van der Waals surface area contributed by atoms with Crippen molar-refractivity contribution in [2.45, 2.75) is 13.8 Å². The highest BCUT2D eigenvalue weighted by Gasteiger charge is 2.10. The number of nitrogens with two attached hydrogens (primary N) is 1. The lowest BCUT2D eigenvalue weighted by molar-refractivity contribution is -0.380. The Morgan fingerprint density at radius 1 is 1.30 bits per heavy atom. The van der Waals surface area contributed by atoms with Crippen LogP contribution in [-0.2, 0) is 9.63 Å². The standard InChI is InChI=1S/C16H16BrN3O3/c1-10-7-12(8-11(2)15(10)17)22-9-14(21)23-20-16(18)13-5-3-4-6-19-13/h3-8H,9H2,1-2H3,(H2,18,20)/p+1. The van der Waals surface area contributed by atoms with Gasteiger partial charge in [0.05, 0.1) is 0 Å². The van der Waals surface area contributed by atoms with Crippen molar-refractivity contribution in [2.24, 2.45) is 10.9 Å². The van der Waals surface area contributed by atoms with Crippen LogP contribution in [0.3, 0.4) is 0 Å². The van der Waals surface area contributed by atoms with Gasteiger partial charge in [0, 0.05) is 16.6 Å². The molecule has 2 aromatic rings. The lowest BCUT2D eigenvalue weighted by atomic mass is 10.1. The van der Waals surface area contributed by atoms with Gasteiger partial charge in [0.1, 0.15) is 5.75 Å². The summed E-state index contributed by atoms with van der Waals surface area (Å²) in [4.78, 5) is 19.3. The fourth-order valence-corrected chi connectivity index (χ4v) is 2.09. The maximum absolute atomic E-state index is 11.7. The summed E-state index contributed by atoms with van der Waals surface area (Å²) in [5, 5.41) is 3.58. The first-order valence-electron chi connectivity index (χ1n) is 6.87. The van der Waals surface area contributed by atoms with Gasteiger partial charge in [-0.05, 0) is 43.2 Å². The number of aromatic nitrogens is 1. The van der Waals surface area contributed by atoms with E-state index in [0.29, 0.717) is 11.4 Å². The van der Waals surface area contributed by atoms with Crippen LogP contribution in [0.15, 0.2) is 46.2 Å². The van der Waals surface area contributed by atoms with Gasteiger partial charge >= 0.3 is 5.97 Å². The molecule has 0 aliphatic carbocycles. The highest BCUT2D eigenvalue weighted by molar-refractivity contribution is 9.10. The Bertz CT molecular complexity index is 710. The first-order chi connectivity index (χ1) is 11.0. The van der Waals surface area contributed by atoms with E-state index < -0.39 is 5.97 Å². The number of hydrogen-bond donors (Lipinski definition) is 1. The van der Waals surface area contributed by atoms with Crippen LogP contribution in [0.2, 0.25) is 0 Å². The molecule has 120 valence electrons. The molecular weight excluding hydrogens is 362 g/mol. The van der Waals surface area contributed by atoms with Gasteiger partial charge in [-0.1, -0.05) is 21.1 Å². The molecule has 0 atom stereocenters. The molecule has 0 saturated heterocycles. The van der Waals surface area contributed by atoms with E-state index >= 15 is 0 Å². The summed E-state index contributed by atoms with van der Waals surface area (Å²) in [5.74, 6) is 0.0323. The second-order valence-corrected chi connectivity index (χ2v) is 5.67. The number of hydrogen-bond acceptors (Lipinski definition) is 4. The molecule has 0 amide bonds. The Morgan fingerprint density at radius 2 is 2.00 bits per heavy atom. The van der Waals surface area contributed by atoms with Crippen molar-refractivity contribution < 1.29 is 19.4 Å². The van der Waals surface area contributed by atoms with Gasteiger partial charge in [-0.2, -0.15) is 0 Å². The maximum Gasteiger partial charge on any atom is 0.372 e. The minimum atomic E-state index is -0.637.